The molecule has 1 aliphatic rings. The smallest absolute Gasteiger partial charge is 0.271 e. The van der Waals surface area contributed by atoms with Gasteiger partial charge in [-0.25, -0.2) is 0 Å². The van der Waals surface area contributed by atoms with Crippen molar-refractivity contribution >= 4 is 40.3 Å². The number of aryl methyl sites for hydroxylation is 1. The topological polar surface area (TPSA) is 85.5 Å². The number of nitrogens with zero attached hydrogens (tertiary/aromatic N) is 4. The number of rotatable bonds is 6. The van der Waals surface area contributed by atoms with Crippen LogP contribution in [0.4, 0.5) is 11.4 Å². The van der Waals surface area contributed by atoms with Crippen LogP contribution in [0.1, 0.15) is 34.7 Å². The molecule has 1 fully saturated rings. The third kappa shape index (κ3) is 4.41. The van der Waals surface area contributed by atoms with Gasteiger partial charge < -0.3 is 19.5 Å². The Hall–Kier alpha value is -3.95. The number of benzene rings is 2. The second-order valence-electron chi connectivity index (χ2n) is 8.75. The number of hydrogen-bond donors (Lipinski definition) is 1. The summed E-state index contributed by atoms with van der Waals surface area (Å²) in [5.41, 5.74) is 5.14. The van der Waals surface area contributed by atoms with E-state index >= 15 is 0 Å². The number of anilines is 1. The Morgan fingerprint density at radius 3 is 2.51 bits per heavy atom. The number of methoxy groups -OCH3 is 1. The standard InChI is InChI=1S/C27H24ClN5O3S/c1-16-14-21(17(2)31(16)23-15-20(33(34)35)11-12-24(23)36-3)26-25(22-6-4-5-13-29-22)30-27(37)32(26)19-9-7-18(28)8-10-19/h4-15,25-26H,1-3H3,(H,30,37)/t25-,26-/m0/s1. The molecule has 37 heavy (non-hydrogen) atoms. The van der Waals surface area contributed by atoms with Crippen molar-refractivity contribution in [3.05, 3.63) is 111 Å². The van der Waals surface area contributed by atoms with E-state index in [9.17, 15) is 10.1 Å². The van der Waals surface area contributed by atoms with Crippen molar-refractivity contribution in [2.75, 3.05) is 12.0 Å². The van der Waals surface area contributed by atoms with Crippen LogP contribution in [0.2, 0.25) is 5.02 Å². The molecule has 0 amide bonds. The van der Waals surface area contributed by atoms with Crippen molar-refractivity contribution in [2.24, 2.45) is 0 Å². The molecule has 0 spiro atoms. The lowest BCUT2D eigenvalue weighted by Gasteiger charge is -2.28. The van der Waals surface area contributed by atoms with Gasteiger partial charge in [-0.2, -0.15) is 0 Å². The molecule has 8 nitrogen and oxygen atoms in total. The number of non-ortho nitro benzene ring substituents is 1. The second kappa shape index (κ2) is 9.84. The average Bonchev–Trinajstić information content (AvgIpc) is 3.39. The van der Waals surface area contributed by atoms with Gasteiger partial charge in [-0.15, -0.1) is 0 Å². The molecule has 5 rings (SSSR count). The van der Waals surface area contributed by atoms with Gasteiger partial charge in [-0.3, -0.25) is 15.1 Å². The predicted molar refractivity (Wildman–Crippen MR) is 148 cm³/mol. The molecule has 10 heteroatoms. The molecule has 4 aromatic rings. The van der Waals surface area contributed by atoms with Crippen LogP contribution in [0.15, 0.2) is 72.9 Å². The molecule has 188 valence electrons. The molecule has 0 bridgehead atoms. The highest BCUT2D eigenvalue weighted by Crippen LogP contribution is 2.44. The third-order valence-corrected chi connectivity index (χ3v) is 7.17. The van der Waals surface area contributed by atoms with E-state index in [4.69, 9.17) is 28.6 Å². The summed E-state index contributed by atoms with van der Waals surface area (Å²) in [4.78, 5) is 17.8. The van der Waals surface area contributed by atoms with Crippen LogP contribution in [0.5, 0.6) is 5.75 Å². The molecule has 0 unspecified atom stereocenters. The molecule has 1 saturated heterocycles. The number of thiocarbonyl (C=S) groups is 1. The largest absolute Gasteiger partial charge is 0.495 e. The lowest BCUT2D eigenvalue weighted by Crippen LogP contribution is -2.29. The van der Waals surface area contributed by atoms with E-state index in [1.807, 2.05) is 60.9 Å². The first-order valence-corrected chi connectivity index (χ1v) is 12.4. The lowest BCUT2D eigenvalue weighted by atomic mass is 9.96. The number of halogens is 1. The maximum absolute atomic E-state index is 11.5. The molecule has 0 saturated carbocycles. The van der Waals surface area contributed by atoms with Gasteiger partial charge in [0.2, 0.25) is 0 Å². The Morgan fingerprint density at radius 1 is 1.11 bits per heavy atom. The van der Waals surface area contributed by atoms with Crippen molar-refractivity contribution in [1.29, 1.82) is 0 Å². The average molecular weight is 534 g/mol. The maximum atomic E-state index is 11.5. The summed E-state index contributed by atoms with van der Waals surface area (Å²) < 4.78 is 7.56. The molecule has 0 aliphatic carbocycles. The Morgan fingerprint density at radius 2 is 1.86 bits per heavy atom. The van der Waals surface area contributed by atoms with Crippen LogP contribution in [0.25, 0.3) is 5.69 Å². The quantitative estimate of drug-likeness (QED) is 0.178. The zero-order chi connectivity index (χ0) is 26.3. The summed E-state index contributed by atoms with van der Waals surface area (Å²) in [5, 5.41) is 16.2. The summed E-state index contributed by atoms with van der Waals surface area (Å²) >= 11 is 12.0. The Labute approximate surface area is 224 Å². The number of ether oxygens (including phenoxy) is 1. The molecule has 3 heterocycles. The van der Waals surface area contributed by atoms with E-state index in [1.54, 1.807) is 19.4 Å². The van der Waals surface area contributed by atoms with Crippen molar-refractivity contribution < 1.29 is 9.66 Å². The van der Waals surface area contributed by atoms with Gasteiger partial charge in [-0.05, 0) is 80.2 Å². The number of nitro groups is 1. The Bertz CT molecular complexity index is 1490. The van der Waals surface area contributed by atoms with Crippen molar-refractivity contribution in [1.82, 2.24) is 14.9 Å². The fraction of sp³-hybridized carbons (Fsp3) is 0.185. The van der Waals surface area contributed by atoms with E-state index < -0.39 is 4.92 Å². The van der Waals surface area contributed by atoms with Crippen LogP contribution < -0.4 is 15.0 Å². The maximum Gasteiger partial charge on any atom is 0.271 e. The molecule has 0 radical (unpaired) electrons. The highest BCUT2D eigenvalue weighted by molar-refractivity contribution is 7.80. The van der Waals surface area contributed by atoms with E-state index in [1.165, 1.54) is 12.1 Å². The predicted octanol–water partition coefficient (Wildman–Crippen LogP) is 6.24. The van der Waals surface area contributed by atoms with Gasteiger partial charge in [0.05, 0.1) is 35.5 Å². The summed E-state index contributed by atoms with van der Waals surface area (Å²) in [6.07, 6.45) is 1.76. The van der Waals surface area contributed by atoms with Crippen LogP contribution >= 0.6 is 23.8 Å². The van der Waals surface area contributed by atoms with E-state index in [2.05, 4.69) is 21.3 Å². The van der Waals surface area contributed by atoms with E-state index in [0.717, 1.165) is 28.3 Å². The fourth-order valence-electron chi connectivity index (χ4n) is 4.98. The second-order valence-corrected chi connectivity index (χ2v) is 9.57. The van der Waals surface area contributed by atoms with Crippen LogP contribution in [0, 0.1) is 24.0 Å². The van der Waals surface area contributed by atoms with Crippen molar-refractivity contribution in [3.63, 3.8) is 0 Å². The zero-order valence-electron chi connectivity index (χ0n) is 20.4. The normalized spacial score (nSPS) is 17.1. The highest BCUT2D eigenvalue weighted by Gasteiger charge is 2.42. The summed E-state index contributed by atoms with van der Waals surface area (Å²) in [7, 11) is 1.55. The number of nitrogens with one attached hydrogen (secondary N) is 1. The molecule has 1 N–H and O–H groups in total. The zero-order valence-corrected chi connectivity index (χ0v) is 22.0. The minimum Gasteiger partial charge on any atom is -0.495 e. The number of pyridine rings is 1. The minimum atomic E-state index is -0.406. The number of hydrogen-bond acceptors (Lipinski definition) is 5. The SMILES string of the molecule is COc1ccc([N+](=O)[O-])cc1-n1c(C)cc([C@H]2[C@H](c3ccccn3)NC(=S)N2c2ccc(Cl)cc2)c1C. The van der Waals surface area contributed by atoms with Gasteiger partial charge in [-0.1, -0.05) is 17.7 Å². The molecular weight excluding hydrogens is 510 g/mol. The first kappa shape index (κ1) is 24.7. The summed E-state index contributed by atoms with van der Waals surface area (Å²) in [6.45, 7) is 3.97. The van der Waals surface area contributed by atoms with Crippen molar-refractivity contribution in [2.45, 2.75) is 25.9 Å². The highest BCUT2D eigenvalue weighted by atomic mass is 35.5. The molecule has 2 aromatic carbocycles. The molecule has 2 atom stereocenters. The molecular formula is C27H24ClN5O3S. The first-order chi connectivity index (χ1) is 17.8. The van der Waals surface area contributed by atoms with Crippen LogP contribution in [-0.2, 0) is 0 Å². The molecule has 1 aliphatic heterocycles. The minimum absolute atomic E-state index is 0.0114. The van der Waals surface area contributed by atoms with Gasteiger partial charge in [0.15, 0.2) is 5.11 Å². The first-order valence-electron chi connectivity index (χ1n) is 11.6. The summed E-state index contributed by atoms with van der Waals surface area (Å²) in [6, 6.07) is 19.6. The van der Waals surface area contributed by atoms with Crippen molar-refractivity contribution in [3.8, 4) is 11.4 Å². The van der Waals surface area contributed by atoms with Crippen LogP contribution in [-0.4, -0.2) is 26.7 Å². The van der Waals surface area contributed by atoms with Gasteiger partial charge >= 0.3 is 0 Å². The fourth-order valence-corrected chi connectivity index (χ4v) is 5.45. The van der Waals surface area contributed by atoms with E-state index in [0.29, 0.717) is 21.6 Å². The summed E-state index contributed by atoms with van der Waals surface area (Å²) in [5.74, 6) is 0.537. The van der Waals surface area contributed by atoms with Gasteiger partial charge in [0.25, 0.3) is 5.69 Å². The van der Waals surface area contributed by atoms with Crippen LogP contribution in [0.3, 0.4) is 0 Å². The number of aromatic nitrogens is 2. The third-order valence-electron chi connectivity index (χ3n) is 6.61. The van der Waals surface area contributed by atoms with E-state index in [-0.39, 0.29) is 17.8 Å². The number of nitro benzene ring substituents is 1. The Kier molecular flexibility index (Phi) is 6.57. The molecule has 2 aromatic heterocycles. The lowest BCUT2D eigenvalue weighted by molar-refractivity contribution is -0.384. The monoisotopic (exact) mass is 533 g/mol. The van der Waals surface area contributed by atoms with Gasteiger partial charge in [0.1, 0.15) is 5.75 Å². The Balaban J connectivity index is 1.70. The van der Waals surface area contributed by atoms with Gasteiger partial charge in [0, 0.05) is 40.4 Å².